The Bertz CT molecular complexity index is 1320. The van der Waals surface area contributed by atoms with Gasteiger partial charge in [0.05, 0.1) is 10.6 Å². The number of sulfonamides is 1. The van der Waals surface area contributed by atoms with Crippen LogP contribution in [0.2, 0.25) is 0 Å². The van der Waals surface area contributed by atoms with Gasteiger partial charge in [0, 0.05) is 12.1 Å². The van der Waals surface area contributed by atoms with Crippen LogP contribution in [0, 0.1) is 6.92 Å². The first-order chi connectivity index (χ1) is 17.9. The van der Waals surface area contributed by atoms with Gasteiger partial charge in [-0.15, -0.1) is 0 Å². The Hall–Kier alpha value is -3.65. The zero-order valence-electron chi connectivity index (χ0n) is 22.7. The van der Waals surface area contributed by atoms with Gasteiger partial charge < -0.3 is 10.2 Å². The summed E-state index contributed by atoms with van der Waals surface area (Å²) in [7, 11) is -4.06. The highest BCUT2D eigenvalue weighted by atomic mass is 32.2. The van der Waals surface area contributed by atoms with Crippen molar-refractivity contribution >= 4 is 27.5 Å². The number of hydrogen-bond donors (Lipinski definition) is 1. The van der Waals surface area contributed by atoms with Crippen LogP contribution in [0.3, 0.4) is 0 Å². The maximum atomic E-state index is 14.0. The summed E-state index contributed by atoms with van der Waals surface area (Å²) in [5.74, 6) is -0.748. The fourth-order valence-corrected chi connectivity index (χ4v) is 5.55. The molecule has 3 aromatic carbocycles. The molecule has 0 aliphatic heterocycles. The number of aryl methyl sites for hydroxylation is 1. The van der Waals surface area contributed by atoms with E-state index in [1.54, 1.807) is 42.5 Å². The molecule has 0 fully saturated rings. The monoisotopic (exact) mass is 535 g/mol. The number of nitrogens with zero attached hydrogens (tertiary/aromatic N) is 2. The van der Waals surface area contributed by atoms with Crippen LogP contribution in [-0.2, 0) is 26.2 Å². The molecule has 38 heavy (non-hydrogen) atoms. The SMILES string of the molecule is CC[C@@H](C(=O)NC(C)(C)C)N(Cc1ccccc1)C(=O)CN(c1ccc(C)cc1)S(=O)(=O)c1ccccc1. The van der Waals surface area contributed by atoms with Gasteiger partial charge in [-0.3, -0.25) is 13.9 Å². The number of benzene rings is 3. The Labute approximate surface area is 226 Å². The third kappa shape index (κ3) is 7.44. The van der Waals surface area contributed by atoms with Gasteiger partial charge >= 0.3 is 0 Å². The Balaban J connectivity index is 2.04. The summed E-state index contributed by atoms with van der Waals surface area (Å²) < 4.78 is 28.7. The summed E-state index contributed by atoms with van der Waals surface area (Å²) in [6.45, 7) is 9.11. The fourth-order valence-electron chi connectivity index (χ4n) is 4.11. The Kier molecular flexibility index (Phi) is 9.33. The van der Waals surface area contributed by atoms with Crippen LogP contribution < -0.4 is 9.62 Å². The normalized spacial score (nSPS) is 12.4. The van der Waals surface area contributed by atoms with Crippen molar-refractivity contribution in [2.75, 3.05) is 10.8 Å². The van der Waals surface area contributed by atoms with E-state index in [9.17, 15) is 18.0 Å². The molecule has 0 saturated carbocycles. The van der Waals surface area contributed by atoms with E-state index < -0.39 is 34.1 Å². The molecule has 2 amide bonds. The molecular formula is C30H37N3O4S. The van der Waals surface area contributed by atoms with Crippen LogP contribution in [0.25, 0.3) is 0 Å². The molecule has 0 aliphatic rings. The second kappa shape index (κ2) is 12.3. The smallest absolute Gasteiger partial charge is 0.264 e. The molecule has 7 nitrogen and oxygen atoms in total. The molecule has 0 spiro atoms. The van der Waals surface area contributed by atoms with E-state index in [0.29, 0.717) is 12.1 Å². The van der Waals surface area contributed by atoms with Gasteiger partial charge in [0.2, 0.25) is 11.8 Å². The Morgan fingerprint density at radius 1 is 0.868 bits per heavy atom. The van der Waals surface area contributed by atoms with E-state index in [1.807, 2.05) is 65.0 Å². The van der Waals surface area contributed by atoms with Crippen molar-refractivity contribution in [2.45, 2.75) is 64.1 Å². The van der Waals surface area contributed by atoms with Crippen molar-refractivity contribution in [3.63, 3.8) is 0 Å². The topological polar surface area (TPSA) is 86.8 Å². The van der Waals surface area contributed by atoms with Crippen LogP contribution in [0.15, 0.2) is 89.8 Å². The van der Waals surface area contributed by atoms with Gasteiger partial charge in [-0.05, 0) is 63.9 Å². The van der Waals surface area contributed by atoms with Gasteiger partial charge in [-0.2, -0.15) is 0 Å². The van der Waals surface area contributed by atoms with Crippen molar-refractivity contribution in [3.8, 4) is 0 Å². The van der Waals surface area contributed by atoms with Crippen LogP contribution in [0.5, 0.6) is 0 Å². The van der Waals surface area contributed by atoms with E-state index in [2.05, 4.69) is 5.32 Å². The van der Waals surface area contributed by atoms with Crippen molar-refractivity contribution < 1.29 is 18.0 Å². The number of hydrogen-bond acceptors (Lipinski definition) is 4. The predicted octanol–water partition coefficient (Wildman–Crippen LogP) is 4.91. The molecule has 3 aromatic rings. The second-order valence-corrected chi connectivity index (χ2v) is 12.2. The summed E-state index contributed by atoms with van der Waals surface area (Å²) in [4.78, 5) is 28.9. The summed E-state index contributed by atoms with van der Waals surface area (Å²) in [5, 5.41) is 2.97. The standard InChI is InChI=1S/C30H37N3O4S/c1-6-27(29(35)31-30(3,4)5)32(21-24-13-9-7-10-14-24)28(34)22-33(25-19-17-23(2)18-20-25)38(36,37)26-15-11-8-12-16-26/h7-20,27H,6,21-22H2,1-5H3,(H,31,35)/t27-/m0/s1. The average Bonchev–Trinajstić information content (AvgIpc) is 2.87. The summed E-state index contributed by atoms with van der Waals surface area (Å²) in [6.07, 6.45) is 0.371. The van der Waals surface area contributed by atoms with E-state index in [1.165, 1.54) is 17.0 Å². The minimum Gasteiger partial charge on any atom is -0.350 e. The van der Waals surface area contributed by atoms with Crippen molar-refractivity contribution in [1.82, 2.24) is 10.2 Å². The molecule has 0 bridgehead atoms. The van der Waals surface area contributed by atoms with Crippen molar-refractivity contribution in [2.24, 2.45) is 0 Å². The first-order valence-electron chi connectivity index (χ1n) is 12.7. The van der Waals surface area contributed by atoms with Gasteiger partial charge in [-0.25, -0.2) is 8.42 Å². The summed E-state index contributed by atoms with van der Waals surface area (Å²) in [5.41, 5.74) is 1.69. The lowest BCUT2D eigenvalue weighted by atomic mass is 10.1. The first kappa shape index (κ1) is 28.9. The number of amides is 2. The van der Waals surface area contributed by atoms with E-state index >= 15 is 0 Å². The lowest BCUT2D eigenvalue weighted by Crippen LogP contribution is -2.55. The molecular weight excluding hydrogens is 498 g/mol. The third-order valence-corrected chi connectivity index (χ3v) is 7.80. The lowest BCUT2D eigenvalue weighted by Gasteiger charge is -2.34. The quantitative estimate of drug-likeness (QED) is 0.400. The molecule has 3 rings (SSSR count). The third-order valence-electron chi connectivity index (χ3n) is 6.01. The largest absolute Gasteiger partial charge is 0.350 e. The molecule has 0 aromatic heterocycles. The minimum absolute atomic E-state index is 0.0838. The number of anilines is 1. The average molecular weight is 536 g/mol. The van der Waals surface area contributed by atoms with Crippen LogP contribution in [0.1, 0.15) is 45.2 Å². The number of carbonyl (C=O) groups excluding carboxylic acids is 2. The van der Waals surface area contributed by atoms with Crippen LogP contribution in [0.4, 0.5) is 5.69 Å². The molecule has 8 heteroatoms. The highest BCUT2D eigenvalue weighted by Crippen LogP contribution is 2.25. The van der Waals surface area contributed by atoms with Gasteiger partial charge in [-0.1, -0.05) is 73.2 Å². The molecule has 1 atom stereocenters. The molecule has 0 unspecified atom stereocenters. The molecule has 202 valence electrons. The zero-order chi connectivity index (χ0) is 27.9. The molecule has 0 aliphatic carbocycles. The van der Waals surface area contributed by atoms with Crippen LogP contribution >= 0.6 is 0 Å². The predicted molar refractivity (Wildman–Crippen MR) is 151 cm³/mol. The maximum Gasteiger partial charge on any atom is 0.264 e. The van der Waals surface area contributed by atoms with Crippen LogP contribution in [-0.4, -0.2) is 43.3 Å². The van der Waals surface area contributed by atoms with E-state index in [0.717, 1.165) is 15.4 Å². The van der Waals surface area contributed by atoms with Gasteiger partial charge in [0.1, 0.15) is 12.6 Å². The highest BCUT2D eigenvalue weighted by molar-refractivity contribution is 7.92. The fraction of sp³-hybridized carbons (Fsp3) is 0.333. The van der Waals surface area contributed by atoms with E-state index in [-0.39, 0.29) is 17.3 Å². The molecule has 0 saturated heterocycles. The Morgan fingerprint density at radius 3 is 1.95 bits per heavy atom. The summed E-state index contributed by atoms with van der Waals surface area (Å²) in [6, 6.07) is 23.6. The van der Waals surface area contributed by atoms with Gasteiger partial charge in [0.25, 0.3) is 10.0 Å². The molecule has 0 heterocycles. The first-order valence-corrected chi connectivity index (χ1v) is 14.2. The number of carbonyl (C=O) groups is 2. The Morgan fingerprint density at radius 2 is 1.42 bits per heavy atom. The lowest BCUT2D eigenvalue weighted by molar-refractivity contribution is -0.141. The molecule has 1 N–H and O–H groups in total. The van der Waals surface area contributed by atoms with Crippen molar-refractivity contribution in [3.05, 3.63) is 96.1 Å². The van der Waals surface area contributed by atoms with E-state index in [4.69, 9.17) is 0 Å². The molecule has 0 radical (unpaired) electrons. The zero-order valence-corrected chi connectivity index (χ0v) is 23.5. The maximum absolute atomic E-state index is 14.0. The second-order valence-electron chi connectivity index (χ2n) is 10.3. The van der Waals surface area contributed by atoms with Gasteiger partial charge in [0.15, 0.2) is 0 Å². The highest BCUT2D eigenvalue weighted by Gasteiger charge is 2.34. The number of rotatable bonds is 10. The summed E-state index contributed by atoms with van der Waals surface area (Å²) >= 11 is 0. The van der Waals surface area contributed by atoms with Crippen molar-refractivity contribution in [1.29, 1.82) is 0 Å². The minimum atomic E-state index is -4.06. The number of nitrogens with one attached hydrogen (secondary N) is 1.